The van der Waals surface area contributed by atoms with E-state index in [1.165, 1.54) is 4.90 Å². The number of aliphatic carboxylic acids is 1. The van der Waals surface area contributed by atoms with Crippen LogP contribution in [-0.4, -0.2) is 41.7 Å². The first-order chi connectivity index (χ1) is 6.61. The summed E-state index contributed by atoms with van der Waals surface area (Å²) < 4.78 is 0. The highest BCUT2D eigenvalue weighted by molar-refractivity contribution is 5.73. The van der Waals surface area contributed by atoms with Gasteiger partial charge in [0.1, 0.15) is 0 Å². The highest BCUT2D eigenvalue weighted by Crippen LogP contribution is 1.91. The van der Waals surface area contributed by atoms with Crippen molar-refractivity contribution in [2.75, 3.05) is 19.7 Å². The summed E-state index contributed by atoms with van der Waals surface area (Å²) in [5, 5.41) is 8.24. The highest BCUT2D eigenvalue weighted by atomic mass is 16.7. The van der Waals surface area contributed by atoms with Crippen molar-refractivity contribution < 1.29 is 19.5 Å². The fourth-order valence-electron chi connectivity index (χ4n) is 0.897. The summed E-state index contributed by atoms with van der Waals surface area (Å²) in [6.07, 6.45) is 0.847. The Morgan fingerprint density at radius 3 is 2.50 bits per heavy atom. The maximum Gasteiger partial charge on any atom is 0.341 e. The molecule has 0 aromatic carbocycles. The first kappa shape index (κ1) is 12.7. The molecule has 0 radical (unpaired) electrons. The lowest BCUT2D eigenvalue weighted by Crippen LogP contribution is -2.40. The van der Waals surface area contributed by atoms with Crippen LogP contribution in [0.3, 0.4) is 0 Å². The molecule has 0 unspecified atom stereocenters. The van der Waals surface area contributed by atoms with Gasteiger partial charge >= 0.3 is 12.0 Å². The topological polar surface area (TPSA) is 78.9 Å². The van der Waals surface area contributed by atoms with Gasteiger partial charge in [0, 0.05) is 13.1 Å². The molecule has 2 N–H and O–H groups in total. The Kier molecular flexibility index (Phi) is 6.47. The molecule has 0 heterocycles. The van der Waals surface area contributed by atoms with Crippen LogP contribution < -0.4 is 5.48 Å². The SMILES string of the molecule is CCCN(CC)C(=O)NOCC(=O)O. The quantitative estimate of drug-likeness (QED) is 0.615. The molecule has 0 bridgehead atoms. The molecule has 0 spiro atoms. The van der Waals surface area contributed by atoms with Crippen LogP contribution in [0.15, 0.2) is 0 Å². The minimum atomic E-state index is -1.12. The predicted molar refractivity (Wildman–Crippen MR) is 49.7 cm³/mol. The van der Waals surface area contributed by atoms with E-state index in [2.05, 4.69) is 10.3 Å². The average Bonchev–Trinajstić information content (AvgIpc) is 2.13. The first-order valence-corrected chi connectivity index (χ1v) is 4.50. The van der Waals surface area contributed by atoms with E-state index in [1.54, 1.807) is 0 Å². The van der Waals surface area contributed by atoms with Gasteiger partial charge in [-0.3, -0.25) is 4.84 Å². The number of amides is 2. The van der Waals surface area contributed by atoms with Crippen molar-refractivity contribution in [1.82, 2.24) is 10.4 Å². The van der Waals surface area contributed by atoms with Crippen molar-refractivity contribution >= 4 is 12.0 Å². The zero-order chi connectivity index (χ0) is 11.0. The average molecular weight is 204 g/mol. The Balaban J connectivity index is 3.74. The molecule has 0 aliphatic carbocycles. The number of carboxylic acids is 1. The van der Waals surface area contributed by atoms with E-state index in [0.717, 1.165) is 6.42 Å². The van der Waals surface area contributed by atoms with Crippen LogP contribution in [-0.2, 0) is 9.63 Å². The van der Waals surface area contributed by atoms with E-state index >= 15 is 0 Å². The molecule has 2 amide bonds. The third kappa shape index (κ3) is 5.36. The lowest BCUT2D eigenvalue weighted by molar-refractivity contribution is -0.144. The number of rotatable bonds is 6. The number of hydroxylamine groups is 1. The summed E-state index contributed by atoms with van der Waals surface area (Å²) in [6, 6.07) is -0.407. The minimum absolute atomic E-state index is 0.407. The van der Waals surface area contributed by atoms with Crippen LogP contribution in [0.2, 0.25) is 0 Å². The molecule has 0 rings (SSSR count). The number of nitrogens with one attached hydrogen (secondary N) is 1. The van der Waals surface area contributed by atoms with E-state index in [1.807, 2.05) is 13.8 Å². The van der Waals surface area contributed by atoms with Crippen LogP contribution in [0, 0.1) is 0 Å². The van der Waals surface area contributed by atoms with Gasteiger partial charge < -0.3 is 10.0 Å². The van der Waals surface area contributed by atoms with Gasteiger partial charge in [-0.15, -0.1) is 0 Å². The molecular weight excluding hydrogens is 188 g/mol. The van der Waals surface area contributed by atoms with Crippen LogP contribution in [0.1, 0.15) is 20.3 Å². The number of carbonyl (C=O) groups excluding carboxylic acids is 1. The van der Waals surface area contributed by atoms with Gasteiger partial charge in [0.25, 0.3) is 0 Å². The van der Waals surface area contributed by atoms with Gasteiger partial charge in [-0.2, -0.15) is 0 Å². The molecule has 0 aliphatic heterocycles. The Morgan fingerprint density at radius 1 is 1.43 bits per heavy atom. The second kappa shape index (κ2) is 7.14. The predicted octanol–water partition coefficient (Wildman–Crippen LogP) is 0.444. The normalized spacial score (nSPS) is 9.57. The summed E-state index contributed by atoms with van der Waals surface area (Å²) in [6.45, 7) is 4.45. The maximum absolute atomic E-state index is 11.2. The fourth-order valence-corrected chi connectivity index (χ4v) is 0.897. The third-order valence-electron chi connectivity index (χ3n) is 1.52. The summed E-state index contributed by atoms with van der Waals surface area (Å²) in [5.41, 5.74) is 2.06. The van der Waals surface area contributed by atoms with E-state index in [9.17, 15) is 9.59 Å². The lowest BCUT2D eigenvalue weighted by atomic mass is 10.4. The Labute approximate surface area is 82.8 Å². The summed E-state index contributed by atoms with van der Waals surface area (Å²) >= 11 is 0. The maximum atomic E-state index is 11.2. The number of nitrogens with zero attached hydrogens (tertiary/aromatic N) is 1. The Bertz CT molecular complexity index is 196. The standard InChI is InChI=1S/C8H16N2O4/c1-3-5-10(4-2)8(13)9-14-6-7(11)12/h3-6H2,1-2H3,(H,9,13)(H,11,12). The first-order valence-electron chi connectivity index (χ1n) is 4.50. The minimum Gasteiger partial charge on any atom is -0.479 e. The van der Waals surface area contributed by atoms with Crippen LogP contribution in [0.5, 0.6) is 0 Å². The zero-order valence-electron chi connectivity index (χ0n) is 8.45. The van der Waals surface area contributed by atoms with Crippen molar-refractivity contribution in [3.63, 3.8) is 0 Å². The van der Waals surface area contributed by atoms with Crippen LogP contribution in [0.4, 0.5) is 4.79 Å². The molecule has 6 heteroatoms. The van der Waals surface area contributed by atoms with Gasteiger partial charge in [0.15, 0.2) is 6.61 Å². The number of urea groups is 1. The molecule has 6 nitrogen and oxygen atoms in total. The number of carbonyl (C=O) groups is 2. The molecule has 0 aromatic heterocycles. The number of hydrogen-bond acceptors (Lipinski definition) is 3. The fraction of sp³-hybridized carbons (Fsp3) is 0.750. The largest absolute Gasteiger partial charge is 0.479 e. The van der Waals surface area contributed by atoms with E-state index < -0.39 is 18.6 Å². The molecule has 14 heavy (non-hydrogen) atoms. The molecule has 0 saturated carbocycles. The van der Waals surface area contributed by atoms with E-state index in [0.29, 0.717) is 13.1 Å². The van der Waals surface area contributed by atoms with Crippen LogP contribution in [0.25, 0.3) is 0 Å². The zero-order valence-corrected chi connectivity index (χ0v) is 8.45. The number of carboxylic acid groups (broad SMARTS) is 1. The molecule has 0 saturated heterocycles. The van der Waals surface area contributed by atoms with Gasteiger partial charge in [-0.25, -0.2) is 15.1 Å². The smallest absolute Gasteiger partial charge is 0.341 e. The molecule has 82 valence electrons. The highest BCUT2D eigenvalue weighted by Gasteiger charge is 2.10. The monoisotopic (exact) mass is 204 g/mol. The van der Waals surface area contributed by atoms with Crippen molar-refractivity contribution in [2.24, 2.45) is 0 Å². The second-order valence-electron chi connectivity index (χ2n) is 2.67. The van der Waals surface area contributed by atoms with Crippen molar-refractivity contribution in [3.8, 4) is 0 Å². The van der Waals surface area contributed by atoms with E-state index in [4.69, 9.17) is 5.11 Å². The van der Waals surface area contributed by atoms with Crippen molar-refractivity contribution in [3.05, 3.63) is 0 Å². The molecule has 0 atom stereocenters. The number of hydrogen-bond donors (Lipinski definition) is 2. The third-order valence-corrected chi connectivity index (χ3v) is 1.52. The van der Waals surface area contributed by atoms with Gasteiger partial charge in [-0.05, 0) is 13.3 Å². The molecular formula is C8H16N2O4. The Hall–Kier alpha value is -1.30. The molecule has 0 fully saturated rings. The van der Waals surface area contributed by atoms with Crippen molar-refractivity contribution in [1.29, 1.82) is 0 Å². The second-order valence-corrected chi connectivity index (χ2v) is 2.67. The summed E-state index contributed by atoms with van der Waals surface area (Å²) in [5.74, 6) is -1.12. The summed E-state index contributed by atoms with van der Waals surface area (Å²) in [7, 11) is 0. The summed E-state index contributed by atoms with van der Waals surface area (Å²) in [4.78, 5) is 27.3. The molecule has 0 aromatic rings. The van der Waals surface area contributed by atoms with E-state index in [-0.39, 0.29) is 0 Å². The van der Waals surface area contributed by atoms with Gasteiger partial charge in [0.05, 0.1) is 0 Å². The van der Waals surface area contributed by atoms with Crippen molar-refractivity contribution in [2.45, 2.75) is 20.3 Å². The Morgan fingerprint density at radius 2 is 2.07 bits per heavy atom. The lowest BCUT2D eigenvalue weighted by Gasteiger charge is -2.19. The molecule has 0 aliphatic rings. The van der Waals surface area contributed by atoms with Gasteiger partial charge in [-0.1, -0.05) is 6.92 Å². The van der Waals surface area contributed by atoms with Crippen LogP contribution >= 0.6 is 0 Å². The van der Waals surface area contributed by atoms with Gasteiger partial charge in [0.2, 0.25) is 0 Å².